The van der Waals surface area contributed by atoms with Crippen molar-refractivity contribution in [3.63, 3.8) is 0 Å². The number of hydrogen-bond acceptors (Lipinski definition) is 4. The van der Waals surface area contributed by atoms with Crippen molar-refractivity contribution in [3.05, 3.63) is 59.7 Å². The van der Waals surface area contributed by atoms with E-state index in [1.165, 1.54) is 4.90 Å². The van der Waals surface area contributed by atoms with E-state index in [1.807, 2.05) is 12.1 Å². The summed E-state index contributed by atoms with van der Waals surface area (Å²) in [5.41, 5.74) is 1.52. The zero-order valence-electron chi connectivity index (χ0n) is 16.4. The number of fused-ring (bicyclic) bond motifs is 1. The molecule has 150 valence electrons. The minimum Gasteiger partial charge on any atom is -0.495 e. The fourth-order valence-electron chi connectivity index (χ4n) is 4.38. The average molecular weight is 392 g/mol. The van der Waals surface area contributed by atoms with E-state index < -0.39 is 0 Å². The zero-order chi connectivity index (χ0) is 20.4. The summed E-state index contributed by atoms with van der Waals surface area (Å²) in [4.78, 5) is 39.8. The van der Waals surface area contributed by atoms with Gasteiger partial charge in [-0.25, -0.2) is 0 Å². The first-order chi connectivity index (χ1) is 14.1. The van der Waals surface area contributed by atoms with Gasteiger partial charge in [0, 0.05) is 12.5 Å². The molecule has 1 heterocycles. The molecule has 2 aliphatic rings. The molecule has 1 fully saturated rings. The summed E-state index contributed by atoms with van der Waals surface area (Å²) >= 11 is 0. The number of anilines is 1. The van der Waals surface area contributed by atoms with E-state index in [4.69, 9.17) is 4.74 Å². The predicted molar refractivity (Wildman–Crippen MR) is 109 cm³/mol. The van der Waals surface area contributed by atoms with Crippen molar-refractivity contribution >= 4 is 23.4 Å². The van der Waals surface area contributed by atoms with E-state index in [1.54, 1.807) is 43.5 Å². The van der Waals surface area contributed by atoms with Gasteiger partial charge in [-0.05, 0) is 43.0 Å². The Hall–Kier alpha value is -3.15. The molecule has 2 aromatic carbocycles. The van der Waals surface area contributed by atoms with Crippen molar-refractivity contribution in [2.24, 2.45) is 11.8 Å². The number of methoxy groups -OCH3 is 1. The molecule has 3 amide bonds. The number of amides is 3. The normalized spacial score (nSPS) is 21.1. The standard InChI is InChI=1S/C23H24N2O4/c1-29-20-13-7-6-12-19(20)24-21(26)16-9-3-2-8-15(16)14-25-22(27)17-10-4-5-11-18(17)23(25)28/h4-7,10-13,15-16H,2-3,8-9,14H2,1H3,(H,24,26). The summed E-state index contributed by atoms with van der Waals surface area (Å²) in [5, 5.41) is 2.97. The number of benzene rings is 2. The van der Waals surface area contributed by atoms with Gasteiger partial charge in [-0.1, -0.05) is 37.1 Å². The van der Waals surface area contributed by atoms with Gasteiger partial charge < -0.3 is 10.1 Å². The van der Waals surface area contributed by atoms with Crippen molar-refractivity contribution in [2.45, 2.75) is 25.7 Å². The third-order valence-electron chi connectivity index (χ3n) is 5.91. The van der Waals surface area contributed by atoms with Gasteiger partial charge in [0.25, 0.3) is 11.8 Å². The van der Waals surface area contributed by atoms with E-state index >= 15 is 0 Å². The lowest BCUT2D eigenvalue weighted by Crippen LogP contribution is -2.41. The van der Waals surface area contributed by atoms with Gasteiger partial charge in [0.05, 0.1) is 23.9 Å². The first-order valence-corrected chi connectivity index (χ1v) is 9.99. The number of para-hydroxylation sites is 2. The Morgan fingerprint density at radius 1 is 1.00 bits per heavy atom. The second kappa shape index (κ2) is 8.07. The lowest BCUT2D eigenvalue weighted by atomic mass is 9.78. The Labute approximate surface area is 169 Å². The smallest absolute Gasteiger partial charge is 0.261 e. The minimum atomic E-state index is -0.264. The molecule has 0 saturated heterocycles. The molecule has 0 spiro atoms. The van der Waals surface area contributed by atoms with Gasteiger partial charge in [0.1, 0.15) is 5.75 Å². The lowest BCUT2D eigenvalue weighted by Gasteiger charge is -2.33. The monoisotopic (exact) mass is 392 g/mol. The Morgan fingerprint density at radius 3 is 2.31 bits per heavy atom. The second-order valence-electron chi connectivity index (χ2n) is 7.61. The summed E-state index contributed by atoms with van der Waals surface area (Å²) in [6.07, 6.45) is 3.52. The van der Waals surface area contributed by atoms with Crippen LogP contribution in [0.3, 0.4) is 0 Å². The number of rotatable bonds is 5. The van der Waals surface area contributed by atoms with Gasteiger partial charge in [-0.3, -0.25) is 19.3 Å². The Bertz CT molecular complexity index is 920. The zero-order valence-corrected chi connectivity index (χ0v) is 16.4. The second-order valence-corrected chi connectivity index (χ2v) is 7.61. The van der Waals surface area contributed by atoms with E-state index in [-0.39, 0.29) is 36.1 Å². The molecule has 1 aliphatic heterocycles. The molecule has 1 aliphatic carbocycles. The van der Waals surface area contributed by atoms with Crippen LogP contribution in [0.25, 0.3) is 0 Å². The first-order valence-electron chi connectivity index (χ1n) is 9.99. The van der Waals surface area contributed by atoms with Crippen molar-refractivity contribution < 1.29 is 19.1 Å². The average Bonchev–Trinajstić information content (AvgIpc) is 2.99. The minimum absolute atomic E-state index is 0.0549. The summed E-state index contributed by atoms with van der Waals surface area (Å²) in [5.74, 6) is -0.317. The van der Waals surface area contributed by atoms with Crippen LogP contribution < -0.4 is 10.1 Å². The number of nitrogens with one attached hydrogen (secondary N) is 1. The van der Waals surface area contributed by atoms with Crippen LogP contribution in [0.15, 0.2) is 48.5 Å². The summed E-state index contributed by atoms with van der Waals surface area (Å²) in [7, 11) is 1.57. The highest BCUT2D eigenvalue weighted by Crippen LogP contribution is 2.34. The number of carbonyl (C=O) groups is 3. The fourth-order valence-corrected chi connectivity index (χ4v) is 4.38. The molecule has 1 N–H and O–H groups in total. The van der Waals surface area contributed by atoms with Crippen molar-refractivity contribution in [1.29, 1.82) is 0 Å². The number of ether oxygens (including phenoxy) is 1. The largest absolute Gasteiger partial charge is 0.495 e. The summed E-state index contributed by atoms with van der Waals surface area (Å²) < 4.78 is 5.32. The molecule has 0 aromatic heterocycles. The van der Waals surface area contributed by atoms with Crippen molar-refractivity contribution in [3.8, 4) is 5.75 Å². The van der Waals surface area contributed by atoms with Gasteiger partial charge in [0.2, 0.25) is 5.91 Å². The summed E-state index contributed by atoms with van der Waals surface area (Å²) in [6.45, 7) is 0.274. The molecule has 29 heavy (non-hydrogen) atoms. The van der Waals surface area contributed by atoms with Gasteiger partial charge in [-0.15, -0.1) is 0 Å². The van der Waals surface area contributed by atoms with Crippen LogP contribution in [0.5, 0.6) is 5.75 Å². The first kappa shape index (κ1) is 19.2. The molecular formula is C23H24N2O4. The third-order valence-corrected chi connectivity index (χ3v) is 5.91. The van der Waals surface area contributed by atoms with Gasteiger partial charge in [-0.2, -0.15) is 0 Å². The third kappa shape index (κ3) is 3.62. The van der Waals surface area contributed by atoms with Crippen LogP contribution >= 0.6 is 0 Å². The number of hydrogen-bond donors (Lipinski definition) is 1. The number of nitrogens with zero attached hydrogens (tertiary/aromatic N) is 1. The molecule has 2 atom stereocenters. The molecule has 2 unspecified atom stereocenters. The molecule has 0 radical (unpaired) electrons. The topological polar surface area (TPSA) is 75.7 Å². The van der Waals surface area contributed by atoms with Gasteiger partial charge in [0.15, 0.2) is 0 Å². The number of carbonyl (C=O) groups excluding carboxylic acids is 3. The molecule has 6 nitrogen and oxygen atoms in total. The molecule has 0 bridgehead atoms. The Balaban J connectivity index is 1.50. The molecular weight excluding hydrogens is 368 g/mol. The SMILES string of the molecule is COc1ccccc1NC(=O)C1CCCCC1CN1C(=O)c2ccccc2C1=O. The van der Waals surface area contributed by atoms with Crippen molar-refractivity contribution in [2.75, 3.05) is 19.0 Å². The van der Waals surface area contributed by atoms with Crippen LogP contribution in [-0.4, -0.2) is 36.3 Å². The van der Waals surface area contributed by atoms with E-state index in [2.05, 4.69) is 5.32 Å². The van der Waals surface area contributed by atoms with E-state index in [9.17, 15) is 14.4 Å². The van der Waals surface area contributed by atoms with E-state index in [0.717, 1.165) is 25.7 Å². The van der Waals surface area contributed by atoms with Crippen molar-refractivity contribution in [1.82, 2.24) is 4.90 Å². The van der Waals surface area contributed by atoms with Crippen LogP contribution in [0.2, 0.25) is 0 Å². The quantitative estimate of drug-likeness (QED) is 0.787. The highest BCUT2D eigenvalue weighted by Gasteiger charge is 2.40. The molecule has 4 rings (SSSR count). The maximum Gasteiger partial charge on any atom is 0.261 e. The van der Waals surface area contributed by atoms with Crippen LogP contribution in [0, 0.1) is 11.8 Å². The van der Waals surface area contributed by atoms with Crippen LogP contribution in [-0.2, 0) is 4.79 Å². The summed E-state index contributed by atoms with van der Waals surface area (Å²) in [6, 6.07) is 14.2. The molecule has 1 saturated carbocycles. The maximum atomic E-state index is 13.0. The van der Waals surface area contributed by atoms with Crippen LogP contribution in [0.1, 0.15) is 46.4 Å². The predicted octanol–water partition coefficient (Wildman–Crippen LogP) is 3.74. The van der Waals surface area contributed by atoms with E-state index in [0.29, 0.717) is 22.6 Å². The van der Waals surface area contributed by atoms with Gasteiger partial charge >= 0.3 is 0 Å². The lowest BCUT2D eigenvalue weighted by molar-refractivity contribution is -0.122. The molecule has 2 aromatic rings. The highest BCUT2D eigenvalue weighted by molar-refractivity contribution is 6.21. The molecule has 6 heteroatoms. The fraction of sp³-hybridized carbons (Fsp3) is 0.348. The Kier molecular flexibility index (Phi) is 5.34. The maximum absolute atomic E-state index is 13.0. The Morgan fingerprint density at radius 2 is 1.62 bits per heavy atom. The highest BCUT2D eigenvalue weighted by atomic mass is 16.5. The number of imide groups is 1. The van der Waals surface area contributed by atoms with Crippen LogP contribution in [0.4, 0.5) is 5.69 Å².